The predicted molar refractivity (Wildman–Crippen MR) is 65.9 cm³/mol. The molecule has 0 spiro atoms. The van der Waals surface area contributed by atoms with Gasteiger partial charge in [0.15, 0.2) is 0 Å². The summed E-state index contributed by atoms with van der Waals surface area (Å²) in [7, 11) is 0. The third-order valence-electron chi connectivity index (χ3n) is 2.35. The molecule has 1 N–H and O–H groups in total. The SMILES string of the molecule is CSCCC1NC(=O)C(CC[Se]C)OC1=O. The number of nitrogens with one attached hydrogen (secondary N) is 1. The van der Waals surface area contributed by atoms with Crippen molar-refractivity contribution in [3.63, 3.8) is 0 Å². The minimum absolute atomic E-state index is 0.130. The van der Waals surface area contributed by atoms with E-state index in [0.29, 0.717) is 27.8 Å². The summed E-state index contributed by atoms with van der Waals surface area (Å²) in [6, 6.07) is -0.441. The average Bonchev–Trinajstić information content (AvgIpc) is 2.28. The van der Waals surface area contributed by atoms with Crippen LogP contribution in [0.25, 0.3) is 0 Å². The molecule has 0 aliphatic carbocycles. The van der Waals surface area contributed by atoms with Gasteiger partial charge in [0, 0.05) is 0 Å². The molecular weight excluding hydrogens is 293 g/mol. The fourth-order valence-electron chi connectivity index (χ4n) is 1.44. The second-order valence-corrected chi connectivity index (χ2v) is 6.60. The van der Waals surface area contributed by atoms with Crippen LogP contribution in [0, 0.1) is 0 Å². The van der Waals surface area contributed by atoms with E-state index in [1.54, 1.807) is 11.8 Å². The molecule has 0 aromatic carbocycles. The molecule has 1 saturated heterocycles. The molecule has 1 aliphatic rings. The average molecular weight is 310 g/mol. The van der Waals surface area contributed by atoms with Gasteiger partial charge < -0.3 is 0 Å². The van der Waals surface area contributed by atoms with E-state index < -0.39 is 12.1 Å². The van der Waals surface area contributed by atoms with Crippen molar-refractivity contribution < 1.29 is 14.3 Å². The molecule has 1 heterocycles. The van der Waals surface area contributed by atoms with Gasteiger partial charge in [-0.3, -0.25) is 0 Å². The fourth-order valence-corrected chi connectivity index (χ4v) is 2.86. The Kier molecular flexibility index (Phi) is 6.24. The van der Waals surface area contributed by atoms with Gasteiger partial charge in [0.25, 0.3) is 0 Å². The Morgan fingerprint density at radius 1 is 1.44 bits per heavy atom. The molecule has 0 bridgehead atoms. The van der Waals surface area contributed by atoms with Crippen LogP contribution in [0.5, 0.6) is 0 Å². The number of morpholine rings is 1. The number of hydrogen-bond acceptors (Lipinski definition) is 4. The van der Waals surface area contributed by atoms with Crippen molar-refractivity contribution in [2.24, 2.45) is 0 Å². The summed E-state index contributed by atoms with van der Waals surface area (Å²) in [5.74, 6) is 2.55. The topological polar surface area (TPSA) is 55.4 Å². The van der Waals surface area contributed by atoms with E-state index in [9.17, 15) is 9.59 Å². The molecule has 16 heavy (non-hydrogen) atoms. The number of cyclic esters (lactones) is 1. The van der Waals surface area contributed by atoms with Crippen molar-refractivity contribution in [2.45, 2.75) is 36.1 Å². The van der Waals surface area contributed by atoms with Gasteiger partial charge in [0.1, 0.15) is 0 Å². The number of esters is 1. The molecule has 0 aromatic rings. The molecular formula is C10H17NO3SSe. The number of rotatable bonds is 6. The summed E-state index contributed by atoms with van der Waals surface area (Å²) in [5, 5.41) is 3.71. The van der Waals surface area contributed by atoms with Crippen LogP contribution in [0.4, 0.5) is 0 Å². The summed E-state index contributed by atoms with van der Waals surface area (Å²) in [4.78, 5) is 23.2. The summed E-state index contributed by atoms with van der Waals surface area (Å²) in [6.45, 7) is 0. The third-order valence-corrected chi connectivity index (χ3v) is 4.34. The Balaban J connectivity index is 2.43. The predicted octanol–water partition coefficient (Wildman–Crippen LogP) is 0.710. The van der Waals surface area contributed by atoms with Crippen molar-refractivity contribution in [1.82, 2.24) is 5.32 Å². The van der Waals surface area contributed by atoms with Crippen molar-refractivity contribution in [2.75, 3.05) is 12.0 Å². The Labute approximate surface area is 106 Å². The molecule has 4 nitrogen and oxygen atoms in total. The maximum atomic E-state index is 11.6. The molecule has 1 amide bonds. The molecule has 92 valence electrons. The number of ether oxygens (including phenoxy) is 1. The van der Waals surface area contributed by atoms with Crippen molar-refractivity contribution in [3.8, 4) is 0 Å². The molecule has 0 saturated carbocycles. The zero-order valence-corrected chi connectivity index (χ0v) is 12.1. The van der Waals surface area contributed by atoms with Gasteiger partial charge in [0.2, 0.25) is 0 Å². The number of carbonyl (C=O) groups is 2. The summed E-state index contributed by atoms with van der Waals surface area (Å²) >= 11 is 2.17. The van der Waals surface area contributed by atoms with Gasteiger partial charge in [-0.15, -0.1) is 0 Å². The first kappa shape index (κ1) is 13.9. The molecule has 6 heteroatoms. The monoisotopic (exact) mass is 311 g/mol. The Hall–Kier alpha value is -0.191. The van der Waals surface area contributed by atoms with Gasteiger partial charge in [-0.25, -0.2) is 0 Å². The van der Waals surface area contributed by atoms with Crippen LogP contribution in [0.15, 0.2) is 0 Å². The van der Waals surface area contributed by atoms with E-state index >= 15 is 0 Å². The number of hydrogen-bond donors (Lipinski definition) is 1. The minimum atomic E-state index is -0.556. The molecule has 2 unspecified atom stereocenters. The standard InChI is InChI=1S/C10H17NO3SSe/c1-15-5-3-7-10(13)14-8(4-6-16-2)9(12)11-7/h7-8H,3-6H2,1-2H3,(H,11,12). The van der Waals surface area contributed by atoms with E-state index in [1.165, 1.54) is 0 Å². The Morgan fingerprint density at radius 3 is 2.81 bits per heavy atom. The summed E-state index contributed by atoms with van der Waals surface area (Å²) in [6.07, 6.45) is 2.72. The van der Waals surface area contributed by atoms with E-state index in [-0.39, 0.29) is 11.9 Å². The quantitative estimate of drug-likeness (QED) is 0.580. The number of carbonyl (C=O) groups excluding carboxylic acids is 2. The molecule has 2 atom stereocenters. The third kappa shape index (κ3) is 4.00. The number of thioether (sulfide) groups is 1. The van der Waals surface area contributed by atoms with E-state index in [4.69, 9.17) is 4.74 Å². The van der Waals surface area contributed by atoms with Crippen LogP contribution in [0.3, 0.4) is 0 Å². The molecule has 1 aliphatic heterocycles. The van der Waals surface area contributed by atoms with Crippen molar-refractivity contribution in [3.05, 3.63) is 0 Å². The zero-order valence-electron chi connectivity index (χ0n) is 9.52. The van der Waals surface area contributed by atoms with Crippen LogP contribution >= 0.6 is 11.8 Å². The first-order valence-corrected chi connectivity index (χ1v) is 9.49. The fraction of sp³-hybridized carbons (Fsp3) is 0.800. The normalized spacial score (nSPS) is 25.1. The molecule has 0 radical (unpaired) electrons. The van der Waals surface area contributed by atoms with Gasteiger partial charge in [0.05, 0.1) is 0 Å². The molecule has 1 fully saturated rings. The van der Waals surface area contributed by atoms with Crippen LogP contribution in [-0.4, -0.2) is 51.0 Å². The first-order chi connectivity index (χ1) is 7.69. The maximum absolute atomic E-state index is 11.6. The van der Waals surface area contributed by atoms with Gasteiger partial charge in [-0.05, 0) is 0 Å². The van der Waals surface area contributed by atoms with Gasteiger partial charge >= 0.3 is 106 Å². The summed E-state index contributed by atoms with van der Waals surface area (Å²) < 4.78 is 5.16. The van der Waals surface area contributed by atoms with Crippen LogP contribution in [0.1, 0.15) is 12.8 Å². The Morgan fingerprint density at radius 2 is 2.19 bits per heavy atom. The van der Waals surface area contributed by atoms with Crippen LogP contribution < -0.4 is 5.32 Å². The zero-order chi connectivity index (χ0) is 12.0. The van der Waals surface area contributed by atoms with Crippen LogP contribution in [-0.2, 0) is 14.3 Å². The van der Waals surface area contributed by atoms with E-state index in [1.807, 2.05) is 6.26 Å². The molecule has 0 aromatic heterocycles. The second-order valence-electron chi connectivity index (χ2n) is 3.55. The van der Waals surface area contributed by atoms with Crippen LogP contribution in [0.2, 0.25) is 11.1 Å². The first-order valence-electron chi connectivity index (χ1n) is 5.17. The van der Waals surface area contributed by atoms with Gasteiger partial charge in [-0.2, -0.15) is 0 Å². The van der Waals surface area contributed by atoms with Crippen molar-refractivity contribution in [1.29, 1.82) is 0 Å². The molecule has 1 rings (SSSR count). The van der Waals surface area contributed by atoms with Gasteiger partial charge in [-0.1, -0.05) is 0 Å². The summed E-state index contributed by atoms with van der Waals surface area (Å²) in [5.41, 5.74) is 0. The number of amides is 1. The second kappa shape index (κ2) is 7.20. The van der Waals surface area contributed by atoms with E-state index in [2.05, 4.69) is 11.1 Å². The van der Waals surface area contributed by atoms with Crippen molar-refractivity contribution >= 4 is 38.6 Å². The van der Waals surface area contributed by atoms with E-state index in [0.717, 1.165) is 11.1 Å². The Bertz CT molecular complexity index is 236.